The Morgan fingerprint density at radius 1 is 1.00 bits per heavy atom. The van der Waals surface area contributed by atoms with Crippen molar-refractivity contribution in [3.8, 4) is 11.5 Å². The molecule has 7 heteroatoms. The van der Waals surface area contributed by atoms with Crippen LogP contribution in [0, 0.1) is 0 Å². The Bertz CT molecular complexity index is 838. The van der Waals surface area contributed by atoms with Crippen molar-refractivity contribution < 1.29 is 28.7 Å². The lowest BCUT2D eigenvalue weighted by Gasteiger charge is -2.20. The van der Waals surface area contributed by atoms with Crippen molar-refractivity contribution in [2.45, 2.75) is 46.0 Å². The molecule has 150 valence electrons. The Labute approximate surface area is 164 Å². The number of nitrogens with zero attached hydrogens (tertiary/aromatic N) is 1. The second-order valence-electron chi connectivity index (χ2n) is 6.40. The first-order chi connectivity index (χ1) is 13.4. The van der Waals surface area contributed by atoms with Crippen molar-refractivity contribution in [2.24, 2.45) is 5.16 Å². The molecule has 1 aromatic carbocycles. The molecule has 1 aromatic rings. The summed E-state index contributed by atoms with van der Waals surface area (Å²) < 4.78 is 10.9. The Morgan fingerprint density at radius 3 is 2.25 bits per heavy atom. The molecular formula is C21H25NO6. The first-order valence-electron chi connectivity index (χ1n) is 9.25. The molecule has 0 radical (unpaired) electrons. The fourth-order valence-electron chi connectivity index (χ4n) is 3.09. The predicted molar refractivity (Wildman–Crippen MR) is 104 cm³/mol. The third-order valence-corrected chi connectivity index (χ3v) is 4.41. The molecule has 28 heavy (non-hydrogen) atoms. The molecule has 0 aromatic heterocycles. The molecule has 0 saturated heterocycles. The summed E-state index contributed by atoms with van der Waals surface area (Å²) in [4.78, 5) is 41.0. The SMILES string of the molecule is CCCCCCC(=NOC(C)=O)c1cc(OC)c2c(c1OC)C(=O)C=CC2=O. The van der Waals surface area contributed by atoms with Crippen LogP contribution >= 0.6 is 0 Å². The maximum atomic E-state index is 12.5. The van der Waals surface area contributed by atoms with Gasteiger partial charge in [-0.1, -0.05) is 31.3 Å². The van der Waals surface area contributed by atoms with Gasteiger partial charge in [0, 0.05) is 12.5 Å². The van der Waals surface area contributed by atoms with Crippen LogP contribution in [-0.2, 0) is 9.63 Å². The van der Waals surface area contributed by atoms with Crippen LogP contribution < -0.4 is 9.47 Å². The van der Waals surface area contributed by atoms with Crippen LogP contribution in [0.5, 0.6) is 11.5 Å². The highest BCUT2D eigenvalue weighted by atomic mass is 16.7. The Kier molecular flexibility index (Phi) is 7.49. The summed E-state index contributed by atoms with van der Waals surface area (Å²) in [6.07, 6.45) is 6.90. The molecule has 0 heterocycles. The molecule has 1 aliphatic rings. The summed E-state index contributed by atoms with van der Waals surface area (Å²) in [6, 6.07) is 1.60. The van der Waals surface area contributed by atoms with E-state index >= 15 is 0 Å². The number of rotatable bonds is 9. The molecule has 0 saturated carbocycles. The molecule has 0 fully saturated rings. The summed E-state index contributed by atoms with van der Waals surface area (Å²) in [5.74, 6) is -0.774. The minimum atomic E-state index is -0.552. The van der Waals surface area contributed by atoms with Gasteiger partial charge in [-0.15, -0.1) is 0 Å². The summed E-state index contributed by atoms with van der Waals surface area (Å²) in [6.45, 7) is 3.37. The van der Waals surface area contributed by atoms with E-state index in [1.807, 2.05) is 0 Å². The standard InChI is InChI=1S/C21H25NO6/c1-5-6-7-8-9-15(22-28-13(2)23)14-12-18(26-3)19-16(24)10-11-17(25)20(19)21(14)27-4/h10-12H,5-9H2,1-4H3. The van der Waals surface area contributed by atoms with Gasteiger partial charge in [-0.25, -0.2) is 4.79 Å². The number of unbranched alkanes of at least 4 members (excludes halogenated alkanes) is 3. The molecule has 1 aliphatic carbocycles. The number of ether oxygens (including phenoxy) is 2. The van der Waals surface area contributed by atoms with Gasteiger partial charge >= 0.3 is 5.97 Å². The maximum Gasteiger partial charge on any atom is 0.331 e. The van der Waals surface area contributed by atoms with Crippen LogP contribution in [0.2, 0.25) is 0 Å². The molecule has 2 rings (SSSR count). The van der Waals surface area contributed by atoms with Crippen LogP contribution in [0.15, 0.2) is 23.4 Å². The fourth-order valence-corrected chi connectivity index (χ4v) is 3.09. The molecule has 0 bridgehead atoms. The molecule has 0 atom stereocenters. The summed E-state index contributed by atoms with van der Waals surface area (Å²) in [5, 5.41) is 3.99. The van der Waals surface area contributed by atoms with Crippen molar-refractivity contribution in [3.05, 3.63) is 34.9 Å². The average Bonchev–Trinajstić information content (AvgIpc) is 2.68. The first kappa shape index (κ1) is 21.3. The molecule has 0 aliphatic heterocycles. The van der Waals surface area contributed by atoms with Gasteiger partial charge in [0.15, 0.2) is 11.6 Å². The number of carbonyl (C=O) groups excluding carboxylic acids is 3. The second kappa shape index (κ2) is 9.82. The summed E-state index contributed by atoms with van der Waals surface area (Å²) >= 11 is 0. The number of methoxy groups -OCH3 is 2. The molecule has 7 nitrogen and oxygen atoms in total. The number of ketones is 2. The average molecular weight is 387 g/mol. The van der Waals surface area contributed by atoms with Gasteiger partial charge in [-0.3, -0.25) is 9.59 Å². The lowest BCUT2D eigenvalue weighted by Crippen LogP contribution is -2.18. The van der Waals surface area contributed by atoms with Gasteiger partial charge < -0.3 is 14.3 Å². The van der Waals surface area contributed by atoms with Gasteiger partial charge in [0.05, 0.1) is 31.1 Å². The van der Waals surface area contributed by atoms with Crippen LogP contribution in [0.25, 0.3) is 0 Å². The molecular weight excluding hydrogens is 362 g/mol. The van der Waals surface area contributed by atoms with E-state index in [-0.39, 0.29) is 34.2 Å². The highest BCUT2D eigenvalue weighted by Gasteiger charge is 2.31. The minimum absolute atomic E-state index is 0.133. The fraction of sp³-hybridized carbons (Fsp3) is 0.429. The first-order valence-corrected chi connectivity index (χ1v) is 9.25. The highest BCUT2D eigenvalue weighted by Crippen LogP contribution is 2.38. The zero-order valence-corrected chi connectivity index (χ0v) is 16.7. The lowest BCUT2D eigenvalue weighted by atomic mass is 9.88. The van der Waals surface area contributed by atoms with E-state index in [9.17, 15) is 14.4 Å². The van der Waals surface area contributed by atoms with Gasteiger partial charge in [0.1, 0.15) is 11.5 Å². The summed E-state index contributed by atoms with van der Waals surface area (Å²) in [7, 11) is 2.84. The quantitative estimate of drug-likeness (QED) is 0.276. The number of hydrogen-bond donors (Lipinski definition) is 0. The Morgan fingerprint density at radius 2 is 1.68 bits per heavy atom. The van der Waals surface area contributed by atoms with Crippen molar-refractivity contribution in [1.29, 1.82) is 0 Å². The minimum Gasteiger partial charge on any atom is -0.496 e. The van der Waals surface area contributed by atoms with Crippen LogP contribution in [0.1, 0.15) is 72.2 Å². The number of benzene rings is 1. The van der Waals surface area contributed by atoms with E-state index in [4.69, 9.17) is 14.3 Å². The van der Waals surface area contributed by atoms with Crippen LogP contribution in [0.3, 0.4) is 0 Å². The van der Waals surface area contributed by atoms with E-state index in [1.54, 1.807) is 6.07 Å². The smallest absolute Gasteiger partial charge is 0.331 e. The maximum absolute atomic E-state index is 12.5. The normalized spacial score (nSPS) is 13.4. The molecule has 0 spiro atoms. The van der Waals surface area contributed by atoms with E-state index < -0.39 is 5.97 Å². The number of oxime groups is 1. The largest absolute Gasteiger partial charge is 0.496 e. The third kappa shape index (κ3) is 4.65. The van der Waals surface area contributed by atoms with Crippen molar-refractivity contribution in [3.63, 3.8) is 0 Å². The number of hydrogen-bond acceptors (Lipinski definition) is 7. The third-order valence-electron chi connectivity index (χ3n) is 4.41. The van der Waals surface area contributed by atoms with Gasteiger partial charge in [0.2, 0.25) is 0 Å². The molecule has 0 N–H and O–H groups in total. The highest BCUT2D eigenvalue weighted by molar-refractivity contribution is 6.25. The van der Waals surface area contributed by atoms with Gasteiger partial charge in [0.25, 0.3) is 0 Å². The van der Waals surface area contributed by atoms with E-state index in [1.165, 1.54) is 33.3 Å². The number of carbonyl (C=O) groups is 3. The lowest BCUT2D eigenvalue weighted by molar-refractivity contribution is -0.140. The van der Waals surface area contributed by atoms with Crippen LogP contribution in [-0.4, -0.2) is 37.5 Å². The monoisotopic (exact) mass is 387 g/mol. The number of allylic oxidation sites excluding steroid dienone is 2. The van der Waals surface area contributed by atoms with Crippen molar-refractivity contribution >= 4 is 23.2 Å². The van der Waals surface area contributed by atoms with E-state index in [0.717, 1.165) is 25.7 Å². The second-order valence-corrected chi connectivity index (χ2v) is 6.40. The molecule has 0 amide bonds. The van der Waals surface area contributed by atoms with Crippen molar-refractivity contribution in [2.75, 3.05) is 14.2 Å². The Hall–Kier alpha value is -2.96. The number of fused-ring (bicyclic) bond motifs is 1. The van der Waals surface area contributed by atoms with Crippen LogP contribution in [0.4, 0.5) is 0 Å². The van der Waals surface area contributed by atoms with Gasteiger partial charge in [-0.2, -0.15) is 0 Å². The van der Waals surface area contributed by atoms with E-state index in [0.29, 0.717) is 17.7 Å². The van der Waals surface area contributed by atoms with Crippen molar-refractivity contribution in [1.82, 2.24) is 0 Å². The van der Waals surface area contributed by atoms with E-state index in [2.05, 4.69) is 12.1 Å². The zero-order valence-electron chi connectivity index (χ0n) is 16.7. The predicted octanol–water partition coefficient (Wildman–Crippen LogP) is 3.88. The zero-order chi connectivity index (χ0) is 20.7. The Balaban J connectivity index is 2.61. The van der Waals surface area contributed by atoms with Gasteiger partial charge in [-0.05, 0) is 31.1 Å². The topological polar surface area (TPSA) is 91.3 Å². The molecule has 0 unspecified atom stereocenters. The summed E-state index contributed by atoms with van der Waals surface area (Å²) in [5.41, 5.74) is 1.22.